The summed E-state index contributed by atoms with van der Waals surface area (Å²) in [5, 5.41) is 0. The van der Waals surface area contributed by atoms with Crippen molar-refractivity contribution in [3.05, 3.63) is 42.5 Å². The van der Waals surface area contributed by atoms with Crippen LogP contribution in [0, 0.1) is 0 Å². The van der Waals surface area contributed by atoms with Gasteiger partial charge >= 0.3 is 11.9 Å². The van der Waals surface area contributed by atoms with Gasteiger partial charge in [-0.2, -0.15) is 0 Å². The molecule has 1 aromatic rings. The van der Waals surface area contributed by atoms with Crippen molar-refractivity contribution in [2.45, 2.75) is 6.92 Å². The van der Waals surface area contributed by atoms with Crippen LogP contribution in [0.5, 0.6) is 11.5 Å². The van der Waals surface area contributed by atoms with Gasteiger partial charge in [0.2, 0.25) is 0 Å². The number of ether oxygens (including phenoxy) is 3. The summed E-state index contributed by atoms with van der Waals surface area (Å²) in [4.78, 5) is 22.2. The lowest BCUT2D eigenvalue weighted by molar-refractivity contribution is -0.135. The first-order valence-corrected chi connectivity index (χ1v) is 5.89. The van der Waals surface area contributed by atoms with Gasteiger partial charge in [-0.25, -0.2) is 4.79 Å². The Morgan fingerprint density at radius 1 is 1.35 bits per heavy atom. The molecule has 20 heavy (non-hydrogen) atoms. The van der Waals surface area contributed by atoms with Gasteiger partial charge in [0.15, 0.2) is 0 Å². The fourth-order valence-electron chi connectivity index (χ4n) is 1.37. The van der Waals surface area contributed by atoms with Gasteiger partial charge in [0.25, 0.3) is 0 Å². The lowest BCUT2D eigenvalue weighted by atomic mass is 10.1. The molecule has 0 amide bonds. The van der Waals surface area contributed by atoms with E-state index in [1.165, 1.54) is 26.2 Å². The van der Waals surface area contributed by atoms with Crippen LogP contribution in [0.15, 0.2) is 36.9 Å². The van der Waals surface area contributed by atoms with Crippen LogP contribution in [0.3, 0.4) is 0 Å². The maximum Gasteiger partial charge on any atom is 0.330 e. The molecule has 0 fully saturated rings. The maximum atomic E-state index is 11.1. The summed E-state index contributed by atoms with van der Waals surface area (Å²) >= 11 is 0. The number of hydrogen-bond acceptors (Lipinski definition) is 5. The monoisotopic (exact) mass is 276 g/mol. The quantitative estimate of drug-likeness (QED) is 0.345. The summed E-state index contributed by atoms with van der Waals surface area (Å²) in [5.74, 6) is -0.111. The van der Waals surface area contributed by atoms with Crippen LogP contribution in [-0.2, 0) is 14.3 Å². The Morgan fingerprint density at radius 3 is 2.70 bits per heavy atom. The fraction of sp³-hybridized carbons (Fsp3) is 0.200. The molecule has 0 aromatic heterocycles. The second-order valence-corrected chi connectivity index (χ2v) is 3.75. The average Bonchev–Trinajstić information content (AvgIpc) is 2.43. The molecule has 1 rings (SSSR count). The van der Waals surface area contributed by atoms with Crippen molar-refractivity contribution in [1.82, 2.24) is 0 Å². The van der Waals surface area contributed by atoms with E-state index in [0.717, 1.165) is 0 Å². The van der Waals surface area contributed by atoms with Gasteiger partial charge in [0.05, 0.1) is 7.11 Å². The Hall–Kier alpha value is -2.56. The Bertz CT molecular complexity index is 531. The zero-order chi connectivity index (χ0) is 15.0. The van der Waals surface area contributed by atoms with E-state index in [1.54, 1.807) is 24.3 Å². The normalized spacial score (nSPS) is 10.1. The third-order valence-corrected chi connectivity index (χ3v) is 2.21. The maximum absolute atomic E-state index is 11.1. The Kier molecular flexibility index (Phi) is 6.03. The molecule has 0 spiro atoms. The van der Waals surface area contributed by atoms with E-state index in [9.17, 15) is 9.59 Å². The molecule has 0 aliphatic heterocycles. The van der Waals surface area contributed by atoms with Crippen molar-refractivity contribution in [3.8, 4) is 11.5 Å². The summed E-state index contributed by atoms with van der Waals surface area (Å²) in [6.45, 7) is 5.19. The predicted octanol–water partition coefficient (Wildman–Crippen LogP) is 2.36. The molecular formula is C15H16O5. The van der Waals surface area contributed by atoms with Crippen LogP contribution in [0.1, 0.15) is 12.5 Å². The second kappa shape index (κ2) is 7.78. The number of carbonyl (C=O) groups is 2. The van der Waals surface area contributed by atoms with E-state index in [-0.39, 0.29) is 0 Å². The first-order valence-electron chi connectivity index (χ1n) is 5.89. The smallest absolute Gasteiger partial charge is 0.330 e. The number of benzene rings is 1. The van der Waals surface area contributed by atoms with Gasteiger partial charge in [-0.1, -0.05) is 12.7 Å². The molecule has 0 heterocycles. The van der Waals surface area contributed by atoms with Crippen molar-refractivity contribution >= 4 is 18.0 Å². The highest BCUT2D eigenvalue weighted by atomic mass is 16.5. The lowest BCUT2D eigenvalue weighted by Crippen LogP contribution is -2.03. The number of methoxy groups -OCH3 is 1. The van der Waals surface area contributed by atoms with E-state index in [4.69, 9.17) is 9.47 Å². The van der Waals surface area contributed by atoms with Crippen LogP contribution in [0.2, 0.25) is 0 Å². The minimum absolute atomic E-state index is 0.305. The summed E-state index contributed by atoms with van der Waals surface area (Å²) in [6, 6.07) is 4.95. The van der Waals surface area contributed by atoms with Gasteiger partial charge in [0.1, 0.15) is 18.1 Å². The summed E-state index contributed by atoms with van der Waals surface area (Å²) < 4.78 is 14.9. The van der Waals surface area contributed by atoms with Crippen molar-refractivity contribution in [2.24, 2.45) is 0 Å². The molecule has 0 aliphatic carbocycles. The highest BCUT2D eigenvalue weighted by molar-refractivity contribution is 5.87. The van der Waals surface area contributed by atoms with Crippen molar-refractivity contribution in [3.63, 3.8) is 0 Å². The zero-order valence-electron chi connectivity index (χ0n) is 11.4. The van der Waals surface area contributed by atoms with Crippen LogP contribution < -0.4 is 9.47 Å². The first kappa shape index (κ1) is 15.5. The molecule has 0 unspecified atom stereocenters. The third-order valence-electron chi connectivity index (χ3n) is 2.21. The van der Waals surface area contributed by atoms with Crippen molar-refractivity contribution in [2.75, 3.05) is 13.7 Å². The van der Waals surface area contributed by atoms with Crippen LogP contribution in [0.4, 0.5) is 0 Å². The highest BCUT2D eigenvalue weighted by Gasteiger charge is 2.07. The lowest BCUT2D eigenvalue weighted by Gasteiger charge is -2.09. The van der Waals surface area contributed by atoms with Gasteiger partial charge in [0, 0.05) is 24.6 Å². The second-order valence-electron chi connectivity index (χ2n) is 3.75. The third kappa shape index (κ3) is 4.97. The van der Waals surface area contributed by atoms with Gasteiger partial charge in [-0.05, 0) is 18.2 Å². The van der Waals surface area contributed by atoms with Gasteiger partial charge < -0.3 is 14.2 Å². The molecule has 0 N–H and O–H groups in total. The van der Waals surface area contributed by atoms with E-state index in [1.807, 2.05) is 0 Å². The molecule has 0 saturated heterocycles. The van der Waals surface area contributed by atoms with E-state index in [0.29, 0.717) is 23.7 Å². The molecule has 0 saturated carbocycles. The molecular weight excluding hydrogens is 260 g/mol. The number of esters is 2. The Balaban J connectivity index is 3.02. The number of rotatable bonds is 6. The van der Waals surface area contributed by atoms with Crippen LogP contribution in [0.25, 0.3) is 6.08 Å². The minimum Gasteiger partial charge on any atom is -0.489 e. The van der Waals surface area contributed by atoms with E-state index in [2.05, 4.69) is 11.3 Å². The largest absolute Gasteiger partial charge is 0.489 e. The number of hydrogen-bond donors (Lipinski definition) is 0. The molecule has 1 aromatic carbocycles. The molecule has 0 bridgehead atoms. The first-order chi connectivity index (χ1) is 9.56. The van der Waals surface area contributed by atoms with Crippen LogP contribution in [-0.4, -0.2) is 25.7 Å². The fourth-order valence-corrected chi connectivity index (χ4v) is 1.37. The Morgan fingerprint density at radius 2 is 2.10 bits per heavy atom. The summed E-state index contributed by atoms with van der Waals surface area (Å²) in [7, 11) is 1.28. The topological polar surface area (TPSA) is 61.8 Å². The van der Waals surface area contributed by atoms with Gasteiger partial charge in [-0.15, -0.1) is 0 Å². The predicted molar refractivity (Wildman–Crippen MR) is 74.5 cm³/mol. The summed E-state index contributed by atoms with van der Waals surface area (Å²) in [5.41, 5.74) is 0.566. The SMILES string of the molecule is C=CCOc1ccc(/C=C/C(=O)OC)c(OC(C)=O)c1. The molecule has 5 nitrogen and oxygen atoms in total. The highest BCUT2D eigenvalue weighted by Crippen LogP contribution is 2.26. The molecule has 5 heteroatoms. The Labute approximate surface area is 117 Å². The van der Waals surface area contributed by atoms with E-state index < -0.39 is 11.9 Å². The van der Waals surface area contributed by atoms with Gasteiger partial charge in [-0.3, -0.25) is 4.79 Å². The van der Waals surface area contributed by atoms with E-state index >= 15 is 0 Å². The average molecular weight is 276 g/mol. The zero-order valence-corrected chi connectivity index (χ0v) is 11.4. The molecule has 0 radical (unpaired) electrons. The molecule has 0 atom stereocenters. The van der Waals surface area contributed by atoms with Crippen LogP contribution >= 0.6 is 0 Å². The molecule has 0 aliphatic rings. The van der Waals surface area contributed by atoms with Crippen molar-refractivity contribution < 1.29 is 23.8 Å². The number of carbonyl (C=O) groups excluding carboxylic acids is 2. The minimum atomic E-state index is -0.495. The summed E-state index contributed by atoms with van der Waals surface area (Å²) in [6.07, 6.45) is 4.35. The van der Waals surface area contributed by atoms with Crippen molar-refractivity contribution in [1.29, 1.82) is 0 Å². The molecule has 106 valence electrons. The standard InChI is InChI=1S/C15H16O5/c1-4-9-19-13-7-5-12(6-8-15(17)18-3)14(10-13)20-11(2)16/h4-8,10H,1,9H2,2-3H3/b8-6+.